The van der Waals surface area contributed by atoms with E-state index in [0.29, 0.717) is 18.9 Å². The maximum Gasteiger partial charge on any atom is 0.330 e. The number of carbonyl (C=O) groups excluding carboxylic acids is 2. The Kier molecular flexibility index (Phi) is 6.26. The highest BCUT2D eigenvalue weighted by Crippen LogP contribution is 2.56. The topological polar surface area (TPSA) is 46.6 Å². The summed E-state index contributed by atoms with van der Waals surface area (Å²) >= 11 is 0. The fourth-order valence-electron chi connectivity index (χ4n) is 4.54. The Bertz CT molecular complexity index is 896. The van der Waals surface area contributed by atoms with Crippen molar-refractivity contribution in [3.63, 3.8) is 0 Å². The van der Waals surface area contributed by atoms with Crippen molar-refractivity contribution in [3.05, 3.63) is 53.1 Å². The van der Waals surface area contributed by atoms with Gasteiger partial charge in [-0.25, -0.2) is 4.79 Å². The summed E-state index contributed by atoms with van der Waals surface area (Å²) in [4.78, 5) is 26.2. The minimum atomic E-state index is -0.290. The summed E-state index contributed by atoms with van der Waals surface area (Å²) in [7, 11) is 0. The molecule has 4 heteroatoms. The zero-order chi connectivity index (χ0) is 22.1. The van der Waals surface area contributed by atoms with Gasteiger partial charge in [0.25, 0.3) is 0 Å². The Labute approximate surface area is 181 Å². The van der Waals surface area contributed by atoms with Crippen molar-refractivity contribution < 1.29 is 14.3 Å². The number of amides is 1. The monoisotopic (exact) mass is 409 g/mol. The van der Waals surface area contributed by atoms with Crippen molar-refractivity contribution in [1.29, 1.82) is 0 Å². The highest BCUT2D eigenvalue weighted by molar-refractivity contribution is 5.98. The van der Waals surface area contributed by atoms with Gasteiger partial charge in [-0.15, -0.1) is 0 Å². The summed E-state index contributed by atoms with van der Waals surface area (Å²) in [6, 6.07) is 6.68. The van der Waals surface area contributed by atoms with Crippen LogP contribution >= 0.6 is 0 Å². The Morgan fingerprint density at radius 2 is 2.00 bits per heavy atom. The minimum Gasteiger partial charge on any atom is -0.463 e. The van der Waals surface area contributed by atoms with Crippen molar-refractivity contribution in [1.82, 2.24) is 0 Å². The fraction of sp³-hybridized carbons (Fsp3) is 0.538. The smallest absolute Gasteiger partial charge is 0.330 e. The molecule has 0 bridgehead atoms. The minimum absolute atomic E-state index is 0.100. The number of carbonyl (C=O) groups is 2. The lowest BCUT2D eigenvalue weighted by Gasteiger charge is -2.39. The number of benzene rings is 1. The van der Waals surface area contributed by atoms with E-state index in [-0.39, 0.29) is 22.7 Å². The number of esters is 1. The predicted molar refractivity (Wildman–Crippen MR) is 122 cm³/mol. The molecule has 1 aliphatic carbocycles. The molecule has 30 heavy (non-hydrogen) atoms. The van der Waals surface area contributed by atoms with Gasteiger partial charge in [0.05, 0.1) is 6.61 Å². The summed E-state index contributed by atoms with van der Waals surface area (Å²) in [5.41, 5.74) is 4.55. The average molecular weight is 410 g/mol. The number of fused-ring (bicyclic) bond motifs is 1. The van der Waals surface area contributed by atoms with E-state index in [1.54, 1.807) is 6.08 Å². The molecule has 0 spiro atoms. The molecule has 1 aliphatic heterocycles. The van der Waals surface area contributed by atoms with Crippen LogP contribution in [0.4, 0.5) is 5.69 Å². The molecule has 4 nitrogen and oxygen atoms in total. The van der Waals surface area contributed by atoms with Crippen LogP contribution in [-0.2, 0) is 25.2 Å². The first-order valence-electron chi connectivity index (χ1n) is 11.1. The lowest BCUT2D eigenvalue weighted by Crippen LogP contribution is -2.42. The Morgan fingerprint density at radius 1 is 1.27 bits per heavy atom. The predicted octanol–water partition coefficient (Wildman–Crippen LogP) is 5.45. The molecule has 0 saturated heterocycles. The normalized spacial score (nSPS) is 25.4. The summed E-state index contributed by atoms with van der Waals surface area (Å²) in [5, 5.41) is 0. The number of ether oxygens (including phenoxy) is 1. The van der Waals surface area contributed by atoms with Gasteiger partial charge in [-0.05, 0) is 60.8 Å². The van der Waals surface area contributed by atoms with Gasteiger partial charge in [-0.1, -0.05) is 52.0 Å². The van der Waals surface area contributed by atoms with E-state index in [0.717, 1.165) is 30.6 Å². The summed E-state index contributed by atoms with van der Waals surface area (Å²) in [6.45, 7) is 13.7. The van der Waals surface area contributed by atoms with E-state index < -0.39 is 0 Å². The third-order valence-electron chi connectivity index (χ3n) is 6.54. The standard InChI is InChI=1S/C26H35NO3/c1-7-13-27-22-12-11-19(15-21(22)25(4,5)17-23(27)28)26(6)16-20(26)10-9-18(3)14-24(29)30-8-2/h9-12,14-15,20H,7-8,13,16-17H2,1-6H3/t20-,26-/m1/s1. The Hall–Kier alpha value is -2.36. The van der Waals surface area contributed by atoms with Gasteiger partial charge in [-0.2, -0.15) is 0 Å². The number of nitrogens with zero attached hydrogens (tertiary/aromatic N) is 1. The number of rotatable bonds is 7. The first kappa shape index (κ1) is 22.3. The number of hydrogen-bond acceptors (Lipinski definition) is 3. The van der Waals surface area contributed by atoms with Gasteiger partial charge in [-0.3, -0.25) is 4.79 Å². The van der Waals surface area contributed by atoms with Gasteiger partial charge in [0.1, 0.15) is 0 Å². The van der Waals surface area contributed by atoms with E-state index in [4.69, 9.17) is 4.74 Å². The van der Waals surface area contributed by atoms with Crippen molar-refractivity contribution in [2.45, 2.75) is 71.6 Å². The second-order valence-electron chi connectivity index (χ2n) is 9.57. The van der Waals surface area contributed by atoms with Crippen LogP contribution in [0.5, 0.6) is 0 Å². The molecular formula is C26H35NO3. The van der Waals surface area contributed by atoms with E-state index in [1.165, 1.54) is 11.1 Å². The van der Waals surface area contributed by atoms with Crippen LogP contribution in [-0.4, -0.2) is 25.0 Å². The highest BCUT2D eigenvalue weighted by Gasteiger charge is 2.50. The van der Waals surface area contributed by atoms with E-state index >= 15 is 0 Å². The number of allylic oxidation sites excluding steroid dienone is 3. The summed E-state index contributed by atoms with van der Waals surface area (Å²) in [6.07, 6.45) is 8.38. The molecule has 1 saturated carbocycles. The van der Waals surface area contributed by atoms with Gasteiger partial charge < -0.3 is 9.64 Å². The van der Waals surface area contributed by atoms with Gasteiger partial charge in [0, 0.05) is 30.1 Å². The summed E-state index contributed by atoms with van der Waals surface area (Å²) < 4.78 is 4.97. The van der Waals surface area contributed by atoms with E-state index in [1.807, 2.05) is 24.8 Å². The Morgan fingerprint density at radius 3 is 2.67 bits per heavy atom. The van der Waals surface area contributed by atoms with Gasteiger partial charge in [0.15, 0.2) is 0 Å². The number of anilines is 1. The average Bonchev–Trinajstić information content (AvgIpc) is 3.34. The molecule has 3 rings (SSSR count). The van der Waals surface area contributed by atoms with Crippen LogP contribution in [0.2, 0.25) is 0 Å². The van der Waals surface area contributed by atoms with E-state index in [2.05, 4.69) is 52.0 Å². The molecule has 2 atom stereocenters. The Balaban J connectivity index is 1.82. The van der Waals surface area contributed by atoms with Crippen molar-refractivity contribution in [3.8, 4) is 0 Å². The van der Waals surface area contributed by atoms with Crippen LogP contribution in [0.1, 0.15) is 71.9 Å². The zero-order valence-corrected chi connectivity index (χ0v) is 19.2. The molecular weight excluding hydrogens is 374 g/mol. The lowest BCUT2D eigenvalue weighted by atomic mass is 9.75. The van der Waals surface area contributed by atoms with Crippen molar-refractivity contribution in [2.24, 2.45) is 5.92 Å². The molecule has 0 N–H and O–H groups in total. The van der Waals surface area contributed by atoms with Crippen molar-refractivity contribution >= 4 is 17.6 Å². The van der Waals surface area contributed by atoms with E-state index in [9.17, 15) is 9.59 Å². The molecule has 162 valence electrons. The molecule has 0 unspecified atom stereocenters. The lowest BCUT2D eigenvalue weighted by molar-refractivity contribution is -0.137. The third-order valence-corrected chi connectivity index (χ3v) is 6.54. The molecule has 0 aromatic heterocycles. The first-order valence-corrected chi connectivity index (χ1v) is 11.1. The fourth-order valence-corrected chi connectivity index (χ4v) is 4.54. The van der Waals surface area contributed by atoms with Crippen LogP contribution < -0.4 is 4.90 Å². The van der Waals surface area contributed by atoms with Crippen LogP contribution in [0, 0.1) is 5.92 Å². The second-order valence-corrected chi connectivity index (χ2v) is 9.57. The van der Waals surface area contributed by atoms with Gasteiger partial charge >= 0.3 is 5.97 Å². The van der Waals surface area contributed by atoms with Crippen LogP contribution in [0.15, 0.2) is 42.0 Å². The second kappa shape index (κ2) is 8.41. The number of hydrogen-bond donors (Lipinski definition) is 0. The van der Waals surface area contributed by atoms with Crippen molar-refractivity contribution in [2.75, 3.05) is 18.1 Å². The SMILES string of the molecule is CCCN1C(=O)CC(C)(C)c2cc([C@@]3(C)C[C@H]3C=CC(C)=CC(=O)OCC)ccc21. The van der Waals surface area contributed by atoms with Crippen LogP contribution in [0.25, 0.3) is 0 Å². The molecule has 1 aromatic rings. The highest BCUT2D eigenvalue weighted by atomic mass is 16.5. The largest absolute Gasteiger partial charge is 0.463 e. The quantitative estimate of drug-likeness (QED) is 0.342. The molecule has 1 aromatic carbocycles. The molecule has 2 aliphatic rings. The zero-order valence-electron chi connectivity index (χ0n) is 19.2. The maximum absolute atomic E-state index is 12.7. The maximum atomic E-state index is 12.7. The molecule has 1 amide bonds. The first-order chi connectivity index (χ1) is 14.1. The van der Waals surface area contributed by atoms with Crippen LogP contribution in [0.3, 0.4) is 0 Å². The van der Waals surface area contributed by atoms with Gasteiger partial charge in [0.2, 0.25) is 5.91 Å². The molecule has 1 heterocycles. The molecule has 0 radical (unpaired) electrons. The molecule has 1 fully saturated rings. The third kappa shape index (κ3) is 4.38. The summed E-state index contributed by atoms with van der Waals surface area (Å²) in [5.74, 6) is 0.381.